The number of aromatic nitrogens is 1. The lowest BCUT2D eigenvalue weighted by atomic mass is 10.1. The number of aryl methyl sites for hydroxylation is 1. The Labute approximate surface area is 136 Å². The molecule has 5 heteroatoms. The van der Waals surface area contributed by atoms with Crippen LogP contribution in [0.25, 0.3) is 0 Å². The largest absolute Gasteiger partial charge is 0.368 e. The molecule has 23 heavy (non-hydrogen) atoms. The summed E-state index contributed by atoms with van der Waals surface area (Å²) >= 11 is 0. The molecule has 1 fully saturated rings. The van der Waals surface area contributed by atoms with Crippen LogP contribution in [0.3, 0.4) is 0 Å². The predicted octanol–water partition coefficient (Wildman–Crippen LogP) is 1.98. The maximum atomic E-state index is 12.1. The van der Waals surface area contributed by atoms with Crippen molar-refractivity contribution in [3.63, 3.8) is 0 Å². The molecule has 1 aliphatic heterocycles. The number of hydrogen-bond acceptors (Lipinski definition) is 4. The first-order chi connectivity index (χ1) is 11.2. The van der Waals surface area contributed by atoms with E-state index in [2.05, 4.69) is 20.5 Å². The average Bonchev–Trinajstić information content (AvgIpc) is 2.58. The van der Waals surface area contributed by atoms with Crippen molar-refractivity contribution >= 4 is 17.4 Å². The minimum absolute atomic E-state index is 0.0451. The molecular formula is C18H22N4O. The second-order valence-electron chi connectivity index (χ2n) is 5.85. The Kier molecular flexibility index (Phi) is 4.88. The van der Waals surface area contributed by atoms with Gasteiger partial charge in [0.15, 0.2) is 0 Å². The van der Waals surface area contributed by atoms with Gasteiger partial charge in [0.1, 0.15) is 5.82 Å². The number of anilines is 2. The van der Waals surface area contributed by atoms with Crippen LogP contribution >= 0.6 is 0 Å². The molecule has 0 unspecified atom stereocenters. The van der Waals surface area contributed by atoms with Crippen molar-refractivity contribution in [1.29, 1.82) is 0 Å². The first kappa shape index (κ1) is 15.5. The van der Waals surface area contributed by atoms with Gasteiger partial charge in [-0.05, 0) is 24.6 Å². The van der Waals surface area contributed by atoms with Crippen LogP contribution in [0.2, 0.25) is 0 Å². The first-order valence-electron chi connectivity index (χ1n) is 7.98. The lowest BCUT2D eigenvalue weighted by molar-refractivity contribution is -0.115. The van der Waals surface area contributed by atoms with Crippen molar-refractivity contribution in [2.75, 3.05) is 36.4 Å². The van der Waals surface area contributed by atoms with Gasteiger partial charge in [0.2, 0.25) is 5.91 Å². The van der Waals surface area contributed by atoms with Crippen LogP contribution in [-0.4, -0.2) is 37.1 Å². The van der Waals surface area contributed by atoms with Crippen molar-refractivity contribution in [2.24, 2.45) is 0 Å². The van der Waals surface area contributed by atoms with Crippen LogP contribution in [0, 0.1) is 6.92 Å². The molecule has 1 aromatic heterocycles. The summed E-state index contributed by atoms with van der Waals surface area (Å²) in [6, 6.07) is 11.9. The SMILES string of the molecule is Cc1ccc(CC(=O)Nc2ccc(N3CCNCC3)cn2)cc1. The molecule has 2 heterocycles. The monoisotopic (exact) mass is 310 g/mol. The van der Waals surface area contributed by atoms with E-state index in [1.807, 2.05) is 49.5 Å². The highest BCUT2D eigenvalue weighted by atomic mass is 16.1. The Morgan fingerprint density at radius 2 is 1.91 bits per heavy atom. The van der Waals surface area contributed by atoms with Gasteiger partial charge in [-0.3, -0.25) is 4.79 Å². The summed E-state index contributed by atoms with van der Waals surface area (Å²) in [5.74, 6) is 0.553. The van der Waals surface area contributed by atoms with Gasteiger partial charge >= 0.3 is 0 Å². The van der Waals surface area contributed by atoms with E-state index in [1.54, 1.807) is 0 Å². The molecule has 2 N–H and O–H groups in total. The summed E-state index contributed by atoms with van der Waals surface area (Å²) in [4.78, 5) is 18.7. The number of benzene rings is 1. The van der Waals surface area contributed by atoms with Gasteiger partial charge in [-0.25, -0.2) is 4.98 Å². The second-order valence-corrected chi connectivity index (χ2v) is 5.85. The molecule has 1 amide bonds. The summed E-state index contributed by atoms with van der Waals surface area (Å²) in [5.41, 5.74) is 3.30. The van der Waals surface area contributed by atoms with E-state index in [-0.39, 0.29) is 5.91 Å². The zero-order chi connectivity index (χ0) is 16.1. The lowest BCUT2D eigenvalue weighted by Gasteiger charge is -2.29. The summed E-state index contributed by atoms with van der Waals surface area (Å²) in [5, 5.41) is 6.18. The van der Waals surface area contributed by atoms with Crippen molar-refractivity contribution in [2.45, 2.75) is 13.3 Å². The number of hydrogen-bond donors (Lipinski definition) is 2. The first-order valence-corrected chi connectivity index (χ1v) is 7.98. The standard InChI is InChI=1S/C18H22N4O/c1-14-2-4-15(5-3-14)12-18(23)21-17-7-6-16(13-20-17)22-10-8-19-9-11-22/h2-7,13,19H,8-12H2,1H3,(H,20,21,23). The van der Waals surface area contributed by atoms with E-state index in [0.29, 0.717) is 12.2 Å². The smallest absolute Gasteiger partial charge is 0.229 e. The van der Waals surface area contributed by atoms with Crippen LogP contribution in [-0.2, 0) is 11.2 Å². The fourth-order valence-corrected chi connectivity index (χ4v) is 2.65. The van der Waals surface area contributed by atoms with Crippen molar-refractivity contribution in [1.82, 2.24) is 10.3 Å². The Bertz CT molecular complexity index is 646. The molecule has 1 saturated heterocycles. The maximum absolute atomic E-state index is 12.1. The van der Waals surface area contributed by atoms with E-state index in [4.69, 9.17) is 0 Å². The lowest BCUT2D eigenvalue weighted by Crippen LogP contribution is -2.43. The highest BCUT2D eigenvalue weighted by Gasteiger charge is 2.11. The number of amides is 1. The van der Waals surface area contributed by atoms with E-state index in [1.165, 1.54) is 5.56 Å². The van der Waals surface area contributed by atoms with E-state index >= 15 is 0 Å². The van der Waals surface area contributed by atoms with Crippen LogP contribution in [0.4, 0.5) is 11.5 Å². The van der Waals surface area contributed by atoms with Crippen LogP contribution in [0.1, 0.15) is 11.1 Å². The van der Waals surface area contributed by atoms with Crippen LogP contribution < -0.4 is 15.5 Å². The van der Waals surface area contributed by atoms with E-state index in [0.717, 1.165) is 37.4 Å². The molecule has 3 rings (SSSR count). The molecule has 0 aliphatic carbocycles. The van der Waals surface area contributed by atoms with Gasteiger partial charge in [-0.15, -0.1) is 0 Å². The van der Waals surface area contributed by atoms with Crippen molar-refractivity contribution in [3.8, 4) is 0 Å². The molecule has 0 bridgehead atoms. The highest BCUT2D eigenvalue weighted by molar-refractivity contribution is 5.91. The van der Waals surface area contributed by atoms with Gasteiger partial charge < -0.3 is 15.5 Å². The predicted molar refractivity (Wildman–Crippen MR) is 92.8 cm³/mol. The number of pyridine rings is 1. The molecule has 5 nitrogen and oxygen atoms in total. The number of rotatable bonds is 4. The minimum Gasteiger partial charge on any atom is -0.368 e. The molecule has 0 spiro atoms. The molecular weight excluding hydrogens is 288 g/mol. The Balaban J connectivity index is 1.57. The minimum atomic E-state index is -0.0451. The quantitative estimate of drug-likeness (QED) is 0.907. The van der Waals surface area contributed by atoms with Crippen molar-refractivity contribution in [3.05, 3.63) is 53.7 Å². The normalized spacial score (nSPS) is 14.6. The van der Waals surface area contributed by atoms with Gasteiger partial charge in [0.05, 0.1) is 18.3 Å². The Morgan fingerprint density at radius 1 is 1.17 bits per heavy atom. The molecule has 2 aromatic rings. The third kappa shape index (κ3) is 4.29. The third-order valence-corrected chi connectivity index (χ3v) is 3.98. The molecule has 1 aliphatic rings. The Hall–Kier alpha value is -2.40. The van der Waals surface area contributed by atoms with Gasteiger partial charge in [-0.2, -0.15) is 0 Å². The number of carbonyl (C=O) groups excluding carboxylic acids is 1. The van der Waals surface area contributed by atoms with Crippen molar-refractivity contribution < 1.29 is 4.79 Å². The second kappa shape index (κ2) is 7.24. The Morgan fingerprint density at radius 3 is 2.57 bits per heavy atom. The number of nitrogens with zero attached hydrogens (tertiary/aromatic N) is 2. The third-order valence-electron chi connectivity index (χ3n) is 3.98. The fourth-order valence-electron chi connectivity index (χ4n) is 2.65. The van der Waals surface area contributed by atoms with Gasteiger partial charge in [-0.1, -0.05) is 29.8 Å². The zero-order valence-electron chi connectivity index (χ0n) is 13.4. The number of carbonyl (C=O) groups is 1. The topological polar surface area (TPSA) is 57.3 Å². The van der Waals surface area contributed by atoms with Crippen LogP contribution in [0.15, 0.2) is 42.6 Å². The van der Waals surface area contributed by atoms with E-state index < -0.39 is 0 Å². The molecule has 0 atom stereocenters. The maximum Gasteiger partial charge on any atom is 0.229 e. The number of piperazine rings is 1. The van der Waals surface area contributed by atoms with Gasteiger partial charge in [0, 0.05) is 26.2 Å². The van der Waals surface area contributed by atoms with E-state index in [9.17, 15) is 4.79 Å². The zero-order valence-corrected chi connectivity index (χ0v) is 13.4. The van der Waals surface area contributed by atoms with Gasteiger partial charge in [0.25, 0.3) is 0 Å². The molecule has 1 aromatic carbocycles. The summed E-state index contributed by atoms with van der Waals surface area (Å²) in [7, 11) is 0. The highest BCUT2D eigenvalue weighted by Crippen LogP contribution is 2.16. The summed E-state index contributed by atoms with van der Waals surface area (Å²) < 4.78 is 0. The number of nitrogens with one attached hydrogen (secondary N) is 2. The van der Waals surface area contributed by atoms with Crippen LogP contribution in [0.5, 0.6) is 0 Å². The average molecular weight is 310 g/mol. The molecule has 0 saturated carbocycles. The molecule has 120 valence electrons. The summed E-state index contributed by atoms with van der Waals surface area (Å²) in [6.45, 7) is 6.00. The summed E-state index contributed by atoms with van der Waals surface area (Å²) in [6.07, 6.45) is 2.19. The molecule has 0 radical (unpaired) electrons. The fraction of sp³-hybridized carbons (Fsp3) is 0.333.